The fourth-order valence-corrected chi connectivity index (χ4v) is 0.700. The van der Waals surface area contributed by atoms with Gasteiger partial charge in [0.25, 0.3) is 0 Å². The second kappa shape index (κ2) is 2.20. The molecule has 0 saturated heterocycles. The molecule has 0 saturated carbocycles. The average molecular weight is 170 g/mol. The molecule has 1 heterocycles. The Kier molecular flexibility index (Phi) is 1.64. The Balaban J connectivity index is 2.96. The molecular formula is C5H3ClF3N. The zero-order chi connectivity index (χ0) is 7.78. The van der Waals surface area contributed by atoms with Gasteiger partial charge in [-0.15, -0.1) is 0 Å². The maximum atomic E-state index is 11.7. The molecule has 0 aliphatic carbocycles. The van der Waals surface area contributed by atoms with Crippen LogP contribution in [-0.4, -0.2) is 4.09 Å². The van der Waals surface area contributed by atoms with E-state index in [0.29, 0.717) is 0 Å². The van der Waals surface area contributed by atoms with Crippen molar-refractivity contribution in [1.29, 1.82) is 0 Å². The van der Waals surface area contributed by atoms with E-state index in [1.807, 2.05) is 0 Å². The highest BCUT2D eigenvalue weighted by atomic mass is 35.5. The summed E-state index contributed by atoms with van der Waals surface area (Å²) in [4.78, 5) is 0. The van der Waals surface area contributed by atoms with Crippen LogP contribution in [-0.2, 0) is 6.18 Å². The third-order valence-electron chi connectivity index (χ3n) is 0.986. The van der Waals surface area contributed by atoms with E-state index >= 15 is 0 Å². The Hall–Kier alpha value is -0.640. The normalized spacial score (nSPS) is 12.0. The molecule has 0 aliphatic heterocycles. The van der Waals surface area contributed by atoms with Crippen molar-refractivity contribution in [3.8, 4) is 0 Å². The van der Waals surface area contributed by atoms with Gasteiger partial charge in [0.15, 0.2) is 0 Å². The van der Waals surface area contributed by atoms with Gasteiger partial charge in [-0.3, -0.25) is 4.09 Å². The van der Waals surface area contributed by atoms with Crippen molar-refractivity contribution < 1.29 is 13.2 Å². The van der Waals surface area contributed by atoms with Crippen molar-refractivity contribution in [2.75, 3.05) is 0 Å². The van der Waals surface area contributed by atoms with E-state index < -0.39 is 11.7 Å². The van der Waals surface area contributed by atoms with Crippen LogP contribution in [0.3, 0.4) is 0 Å². The van der Waals surface area contributed by atoms with E-state index in [4.69, 9.17) is 11.8 Å². The highest BCUT2D eigenvalue weighted by molar-refractivity contribution is 6.15. The number of aromatic nitrogens is 1. The van der Waals surface area contributed by atoms with Crippen LogP contribution in [0.4, 0.5) is 13.2 Å². The van der Waals surface area contributed by atoms with E-state index in [2.05, 4.69) is 0 Å². The van der Waals surface area contributed by atoms with Crippen molar-refractivity contribution in [2.45, 2.75) is 6.18 Å². The van der Waals surface area contributed by atoms with Crippen LogP contribution in [0.2, 0.25) is 0 Å². The lowest BCUT2D eigenvalue weighted by atomic mass is 10.3. The van der Waals surface area contributed by atoms with Crippen LogP contribution < -0.4 is 0 Å². The highest BCUT2D eigenvalue weighted by Crippen LogP contribution is 2.29. The molecule has 0 radical (unpaired) electrons. The van der Waals surface area contributed by atoms with Gasteiger partial charge in [0, 0.05) is 24.2 Å². The lowest BCUT2D eigenvalue weighted by molar-refractivity contribution is -0.137. The van der Waals surface area contributed by atoms with E-state index in [-0.39, 0.29) is 0 Å². The van der Waals surface area contributed by atoms with Gasteiger partial charge in [-0.05, 0) is 6.07 Å². The van der Waals surface area contributed by atoms with Crippen molar-refractivity contribution in [1.82, 2.24) is 4.09 Å². The smallest absolute Gasteiger partial charge is 0.268 e. The van der Waals surface area contributed by atoms with Gasteiger partial charge < -0.3 is 0 Å². The van der Waals surface area contributed by atoms with Crippen LogP contribution in [0.5, 0.6) is 0 Å². The molecule has 1 rings (SSSR count). The molecule has 10 heavy (non-hydrogen) atoms. The van der Waals surface area contributed by atoms with Gasteiger partial charge in [0.1, 0.15) is 0 Å². The average Bonchev–Trinajstić information content (AvgIpc) is 2.11. The molecular weight excluding hydrogens is 167 g/mol. The van der Waals surface area contributed by atoms with Crippen molar-refractivity contribution in [2.24, 2.45) is 0 Å². The Bertz CT molecular complexity index is 227. The number of rotatable bonds is 0. The zero-order valence-electron chi connectivity index (χ0n) is 4.69. The molecule has 56 valence electrons. The number of hydrogen-bond acceptors (Lipinski definition) is 0. The molecule has 0 amide bonds. The fraction of sp³-hybridized carbons (Fsp3) is 0.200. The van der Waals surface area contributed by atoms with Crippen molar-refractivity contribution in [3.05, 3.63) is 24.0 Å². The highest BCUT2D eigenvalue weighted by Gasteiger charge is 2.31. The molecule has 0 spiro atoms. The summed E-state index contributed by atoms with van der Waals surface area (Å²) in [5.41, 5.74) is -0.734. The van der Waals surface area contributed by atoms with Gasteiger partial charge >= 0.3 is 6.18 Å². The van der Waals surface area contributed by atoms with E-state index in [9.17, 15) is 13.2 Å². The zero-order valence-corrected chi connectivity index (χ0v) is 5.45. The third-order valence-corrected chi connectivity index (χ3v) is 1.20. The monoisotopic (exact) mass is 169 g/mol. The molecule has 0 aliphatic rings. The standard InChI is InChI=1S/C5H3ClF3N/c6-10-2-1-4(3-10)5(7,8)9/h1-3H. The second-order valence-electron chi connectivity index (χ2n) is 1.74. The lowest BCUT2D eigenvalue weighted by Gasteiger charge is -2.00. The number of alkyl halides is 3. The first-order chi connectivity index (χ1) is 4.50. The van der Waals surface area contributed by atoms with Gasteiger partial charge in [-0.2, -0.15) is 13.2 Å². The SMILES string of the molecule is FC(F)(F)c1ccn(Cl)c1. The van der Waals surface area contributed by atoms with Crippen LogP contribution in [0.1, 0.15) is 5.56 Å². The summed E-state index contributed by atoms with van der Waals surface area (Å²) in [5.74, 6) is 0. The predicted octanol–water partition coefficient (Wildman–Crippen LogP) is 2.51. The molecule has 0 unspecified atom stereocenters. The minimum Gasteiger partial charge on any atom is -0.268 e. The Labute approximate surface area is 60.1 Å². The van der Waals surface area contributed by atoms with Crippen molar-refractivity contribution >= 4 is 11.8 Å². The maximum Gasteiger partial charge on any atom is 0.417 e. The van der Waals surface area contributed by atoms with E-state index in [1.54, 1.807) is 0 Å². The second-order valence-corrected chi connectivity index (χ2v) is 2.13. The predicted molar refractivity (Wildman–Crippen MR) is 30.7 cm³/mol. The third kappa shape index (κ3) is 1.44. The molecule has 0 N–H and O–H groups in total. The first-order valence-corrected chi connectivity index (χ1v) is 2.75. The summed E-state index contributed by atoms with van der Waals surface area (Å²) in [5, 5.41) is 0. The van der Waals surface area contributed by atoms with Gasteiger partial charge in [-0.25, -0.2) is 0 Å². The number of nitrogens with zero attached hydrogens (tertiary/aromatic N) is 1. The molecule has 0 fully saturated rings. The minimum atomic E-state index is -4.29. The molecule has 5 heteroatoms. The summed E-state index contributed by atoms with van der Waals surface area (Å²) in [7, 11) is 0. The fourth-order valence-electron chi connectivity index (χ4n) is 0.538. The molecule has 1 aromatic heterocycles. The van der Waals surface area contributed by atoms with Gasteiger partial charge in [0.05, 0.1) is 5.56 Å². The molecule has 0 atom stereocenters. The Morgan fingerprint density at radius 1 is 1.40 bits per heavy atom. The summed E-state index contributed by atoms with van der Waals surface area (Å²) < 4.78 is 36.0. The van der Waals surface area contributed by atoms with Gasteiger partial charge in [0.2, 0.25) is 0 Å². The first-order valence-electron chi connectivity index (χ1n) is 2.41. The Morgan fingerprint density at radius 2 is 2.00 bits per heavy atom. The summed E-state index contributed by atoms with van der Waals surface area (Å²) >= 11 is 5.18. The minimum absolute atomic E-state index is 0.734. The summed E-state index contributed by atoms with van der Waals surface area (Å²) in [6.07, 6.45) is -2.36. The van der Waals surface area contributed by atoms with Crippen LogP contribution in [0.15, 0.2) is 18.5 Å². The number of halogens is 4. The van der Waals surface area contributed by atoms with Crippen LogP contribution in [0, 0.1) is 0 Å². The van der Waals surface area contributed by atoms with Crippen LogP contribution >= 0.6 is 11.8 Å². The molecule has 0 bridgehead atoms. The Morgan fingerprint density at radius 3 is 2.20 bits per heavy atom. The first kappa shape index (κ1) is 7.47. The van der Waals surface area contributed by atoms with Crippen LogP contribution in [0.25, 0.3) is 0 Å². The van der Waals surface area contributed by atoms with Crippen molar-refractivity contribution in [3.63, 3.8) is 0 Å². The maximum absolute atomic E-state index is 11.7. The van der Waals surface area contributed by atoms with E-state index in [1.165, 1.54) is 0 Å². The summed E-state index contributed by atoms with van der Waals surface area (Å²) in [6, 6.07) is 0.910. The molecule has 0 aromatic carbocycles. The largest absolute Gasteiger partial charge is 0.417 e. The number of hydrogen-bond donors (Lipinski definition) is 0. The summed E-state index contributed by atoms with van der Waals surface area (Å²) in [6.45, 7) is 0. The molecule has 1 nitrogen and oxygen atoms in total. The quantitative estimate of drug-likeness (QED) is 0.562. The van der Waals surface area contributed by atoms with Gasteiger partial charge in [-0.1, -0.05) is 0 Å². The molecule has 1 aromatic rings. The topological polar surface area (TPSA) is 4.93 Å². The lowest BCUT2D eigenvalue weighted by Crippen LogP contribution is -2.02. The van der Waals surface area contributed by atoms with E-state index in [0.717, 1.165) is 22.5 Å².